The number of nitrogens with one attached hydrogen (secondary N) is 1. The molecule has 1 N–H and O–H groups in total. The Morgan fingerprint density at radius 1 is 1.10 bits per heavy atom. The molecule has 0 aliphatic heterocycles. The van der Waals surface area contributed by atoms with Gasteiger partial charge < -0.3 is 10.1 Å². The topological polar surface area (TPSA) is 34.1 Å². The van der Waals surface area contributed by atoms with Gasteiger partial charge in [-0.1, -0.05) is 20.8 Å². The molecule has 3 heteroatoms. The summed E-state index contributed by atoms with van der Waals surface area (Å²) in [6.45, 7) is 15.0. The zero-order valence-electron chi connectivity index (χ0n) is 14.6. The molecule has 1 heterocycles. The standard InChI is InChI=1S/C18H32N2O/c1-7-18(5,6)16-11-10-15(14-19-16)21-13-9-8-12-20-17(2,3)4/h10-11,14,20H,7-9,12-13H2,1-6H3. The first kappa shape index (κ1) is 18.0. The molecule has 0 aliphatic carbocycles. The van der Waals surface area contributed by atoms with Crippen LogP contribution in [0.25, 0.3) is 0 Å². The Morgan fingerprint density at radius 2 is 1.81 bits per heavy atom. The van der Waals surface area contributed by atoms with E-state index in [0.717, 1.165) is 43.9 Å². The van der Waals surface area contributed by atoms with E-state index in [1.54, 1.807) is 0 Å². The number of pyridine rings is 1. The van der Waals surface area contributed by atoms with E-state index in [4.69, 9.17) is 4.74 Å². The molecule has 1 aromatic rings. The molecule has 120 valence electrons. The summed E-state index contributed by atoms with van der Waals surface area (Å²) in [5.41, 5.74) is 1.47. The zero-order chi connectivity index (χ0) is 15.9. The minimum Gasteiger partial charge on any atom is -0.492 e. The van der Waals surface area contributed by atoms with Crippen molar-refractivity contribution in [2.24, 2.45) is 0 Å². The maximum Gasteiger partial charge on any atom is 0.137 e. The van der Waals surface area contributed by atoms with Crippen LogP contribution in [0.5, 0.6) is 5.75 Å². The van der Waals surface area contributed by atoms with Gasteiger partial charge in [0.2, 0.25) is 0 Å². The maximum atomic E-state index is 5.75. The van der Waals surface area contributed by atoms with Crippen molar-refractivity contribution in [3.8, 4) is 5.75 Å². The molecule has 21 heavy (non-hydrogen) atoms. The molecular formula is C18H32N2O. The first-order valence-electron chi connectivity index (χ1n) is 8.09. The van der Waals surface area contributed by atoms with Crippen LogP contribution in [0.15, 0.2) is 18.3 Å². The van der Waals surface area contributed by atoms with Gasteiger partial charge in [-0.3, -0.25) is 4.98 Å². The third-order valence-electron chi connectivity index (χ3n) is 3.81. The molecule has 1 rings (SSSR count). The average molecular weight is 292 g/mol. The number of ether oxygens (including phenoxy) is 1. The van der Waals surface area contributed by atoms with Gasteiger partial charge in [0.15, 0.2) is 0 Å². The van der Waals surface area contributed by atoms with Gasteiger partial charge in [0.25, 0.3) is 0 Å². The molecule has 0 spiro atoms. The molecule has 3 nitrogen and oxygen atoms in total. The van der Waals surface area contributed by atoms with Gasteiger partial charge in [0.1, 0.15) is 5.75 Å². The number of nitrogens with zero attached hydrogens (tertiary/aromatic N) is 1. The minimum atomic E-state index is 0.136. The predicted octanol–water partition coefficient (Wildman–Crippen LogP) is 4.32. The van der Waals surface area contributed by atoms with Crippen molar-refractivity contribution in [3.63, 3.8) is 0 Å². The Bertz CT molecular complexity index is 404. The van der Waals surface area contributed by atoms with Crippen LogP contribution < -0.4 is 10.1 Å². The van der Waals surface area contributed by atoms with Gasteiger partial charge in [0.05, 0.1) is 12.8 Å². The van der Waals surface area contributed by atoms with E-state index in [0.29, 0.717) is 0 Å². The number of hydrogen-bond acceptors (Lipinski definition) is 3. The summed E-state index contributed by atoms with van der Waals surface area (Å²) >= 11 is 0. The second-order valence-corrected chi connectivity index (χ2v) is 7.35. The van der Waals surface area contributed by atoms with Crippen LogP contribution in [0, 0.1) is 0 Å². The minimum absolute atomic E-state index is 0.136. The van der Waals surface area contributed by atoms with Gasteiger partial charge in [-0.15, -0.1) is 0 Å². The van der Waals surface area contributed by atoms with Crippen LogP contribution >= 0.6 is 0 Å². The van der Waals surface area contributed by atoms with Crippen molar-refractivity contribution in [1.29, 1.82) is 0 Å². The fourth-order valence-electron chi connectivity index (χ4n) is 1.93. The van der Waals surface area contributed by atoms with Crippen molar-refractivity contribution in [3.05, 3.63) is 24.0 Å². The highest BCUT2D eigenvalue weighted by atomic mass is 16.5. The monoisotopic (exact) mass is 292 g/mol. The summed E-state index contributed by atoms with van der Waals surface area (Å²) in [5, 5.41) is 3.48. The summed E-state index contributed by atoms with van der Waals surface area (Å²) < 4.78 is 5.75. The molecule has 0 bridgehead atoms. The lowest BCUT2D eigenvalue weighted by Crippen LogP contribution is -2.36. The van der Waals surface area contributed by atoms with Crippen LogP contribution in [0.1, 0.15) is 66.5 Å². The number of rotatable bonds is 8. The third-order valence-corrected chi connectivity index (χ3v) is 3.81. The average Bonchev–Trinajstić information content (AvgIpc) is 2.42. The van der Waals surface area contributed by atoms with Crippen molar-refractivity contribution in [1.82, 2.24) is 10.3 Å². The Balaban J connectivity index is 2.28. The van der Waals surface area contributed by atoms with E-state index in [9.17, 15) is 0 Å². The van der Waals surface area contributed by atoms with Gasteiger partial charge in [-0.2, -0.15) is 0 Å². The second-order valence-electron chi connectivity index (χ2n) is 7.35. The van der Waals surface area contributed by atoms with Gasteiger partial charge >= 0.3 is 0 Å². The van der Waals surface area contributed by atoms with Crippen LogP contribution in [-0.2, 0) is 5.41 Å². The highest BCUT2D eigenvalue weighted by molar-refractivity contribution is 5.23. The van der Waals surface area contributed by atoms with Crippen LogP contribution in [0.4, 0.5) is 0 Å². The summed E-state index contributed by atoms with van der Waals surface area (Å²) in [6, 6.07) is 4.12. The SMILES string of the molecule is CCC(C)(C)c1ccc(OCCCCNC(C)(C)C)cn1. The van der Waals surface area contributed by atoms with E-state index >= 15 is 0 Å². The van der Waals surface area contributed by atoms with Crippen LogP contribution in [-0.4, -0.2) is 23.7 Å². The lowest BCUT2D eigenvalue weighted by atomic mass is 9.86. The molecule has 0 atom stereocenters. The smallest absolute Gasteiger partial charge is 0.137 e. The zero-order valence-corrected chi connectivity index (χ0v) is 14.6. The van der Waals surface area contributed by atoms with Crippen LogP contribution in [0.2, 0.25) is 0 Å². The molecule has 0 aromatic carbocycles. The van der Waals surface area contributed by atoms with Crippen molar-refractivity contribution in [2.75, 3.05) is 13.2 Å². The maximum absolute atomic E-state index is 5.75. The highest BCUT2D eigenvalue weighted by Gasteiger charge is 2.19. The summed E-state index contributed by atoms with van der Waals surface area (Å²) in [4.78, 5) is 4.53. The number of unbranched alkanes of at least 4 members (excludes halogenated alkanes) is 1. The molecule has 0 aliphatic rings. The quantitative estimate of drug-likeness (QED) is 0.725. The lowest BCUT2D eigenvalue weighted by molar-refractivity contribution is 0.300. The van der Waals surface area contributed by atoms with Gasteiger partial charge in [-0.05, 0) is 58.7 Å². The van der Waals surface area contributed by atoms with E-state index in [1.807, 2.05) is 12.3 Å². The van der Waals surface area contributed by atoms with Crippen molar-refractivity contribution in [2.45, 2.75) is 71.8 Å². The fourth-order valence-corrected chi connectivity index (χ4v) is 1.93. The second kappa shape index (κ2) is 7.79. The van der Waals surface area contributed by atoms with Gasteiger partial charge in [-0.25, -0.2) is 0 Å². The molecule has 0 fully saturated rings. The first-order chi connectivity index (χ1) is 9.74. The van der Waals surface area contributed by atoms with E-state index in [-0.39, 0.29) is 11.0 Å². The van der Waals surface area contributed by atoms with Gasteiger partial charge in [0, 0.05) is 16.6 Å². The summed E-state index contributed by atoms with van der Waals surface area (Å²) in [6.07, 6.45) is 5.12. The molecule has 0 saturated carbocycles. The Hall–Kier alpha value is -1.09. The largest absolute Gasteiger partial charge is 0.492 e. The third kappa shape index (κ3) is 6.94. The molecule has 0 amide bonds. The van der Waals surface area contributed by atoms with Crippen molar-refractivity contribution < 1.29 is 4.74 Å². The van der Waals surface area contributed by atoms with Crippen LogP contribution in [0.3, 0.4) is 0 Å². The lowest BCUT2D eigenvalue weighted by Gasteiger charge is -2.22. The Morgan fingerprint density at radius 3 is 2.33 bits per heavy atom. The predicted molar refractivity (Wildman–Crippen MR) is 90.0 cm³/mol. The van der Waals surface area contributed by atoms with E-state index in [1.165, 1.54) is 0 Å². The molecule has 0 unspecified atom stereocenters. The normalized spacial score (nSPS) is 12.5. The van der Waals surface area contributed by atoms with E-state index in [2.05, 4.69) is 57.9 Å². The summed E-state index contributed by atoms with van der Waals surface area (Å²) in [5.74, 6) is 0.870. The summed E-state index contributed by atoms with van der Waals surface area (Å²) in [7, 11) is 0. The first-order valence-corrected chi connectivity index (χ1v) is 8.09. The molecule has 0 radical (unpaired) electrons. The number of aromatic nitrogens is 1. The Kier molecular flexibility index (Phi) is 6.66. The number of hydrogen-bond donors (Lipinski definition) is 1. The molecule has 0 saturated heterocycles. The van der Waals surface area contributed by atoms with Crippen molar-refractivity contribution >= 4 is 0 Å². The molecule has 1 aromatic heterocycles. The molecular weight excluding hydrogens is 260 g/mol. The fraction of sp³-hybridized carbons (Fsp3) is 0.722. The van der Waals surface area contributed by atoms with E-state index < -0.39 is 0 Å². The Labute approximate surface area is 130 Å². The highest BCUT2D eigenvalue weighted by Crippen LogP contribution is 2.25.